The van der Waals surface area contributed by atoms with Crippen molar-refractivity contribution in [2.45, 2.75) is 64.0 Å². The second-order valence-electron chi connectivity index (χ2n) is 7.23. The Hall–Kier alpha value is -1.81. The second kappa shape index (κ2) is 7.20. The van der Waals surface area contributed by atoms with Crippen LogP contribution in [-0.2, 0) is 17.6 Å². The zero-order chi connectivity index (χ0) is 17.2. The van der Waals surface area contributed by atoms with Crippen molar-refractivity contribution in [1.82, 2.24) is 9.55 Å². The van der Waals surface area contributed by atoms with Crippen molar-refractivity contribution in [3.05, 3.63) is 35.7 Å². The standard InChI is InChI=1S/C21H28N2O2/c1-3-25-20-14-16-6-4-5-15(16)13-19(20)21-22-11-12-23(21)17-7-9-18(24-2)10-8-17/h11-14,17-18H,3-10H2,1-2H3. The van der Waals surface area contributed by atoms with Gasteiger partial charge in [0, 0.05) is 25.5 Å². The molecular weight excluding hydrogens is 312 g/mol. The van der Waals surface area contributed by atoms with E-state index in [0.717, 1.165) is 42.8 Å². The van der Waals surface area contributed by atoms with Crippen molar-refractivity contribution >= 4 is 0 Å². The summed E-state index contributed by atoms with van der Waals surface area (Å²) in [4.78, 5) is 4.72. The first-order valence-electron chi connectivity index (χ1n) is 9.64. The third-order valence-electron chi connectivity index (χ3n) is 5.77. The van der Waals surface area contributed by atoms with Crippen LogP contribution in [0.4, 0.5) is 0 Å². The molecule has 0 N–H and O–H groups in total. The minimum Gasteiger partial charge on any atom is -0.493 e. The molecule has 1 aromatic heterocycles. The van der Waals surface area contributed by atoms with E-state index >= 15 is 0 Å². The molecule has 1 heterocycles. The van der Waals surface area contributed by atoms with Gasteiger partial charge < -0.3 is 14.0 Å². The third-order valence-corrected chi connectivity index (χ3v) is 5.77. The molecule has 25 heavy (non-hydrogen) atoms. The second-order valence-corrected chi connectivity index (χ2v) is 7.23. The van der Waals surface area contributed by atoms with E-state index in [0.29, 0.717) is 18.8 Å². The number of methoxy groups -OCH3 is 1. The molecule has 4 nitrogen and oxygen atoms in total. The van der Waals surface area contributed by atoms with Crippen LogP contribution in [0.1, 0.15) is 56.2 Å². The van der Waals surface area contributed by atoms with Crippen LogP contribution in [-0.4, -0.2) is 29.4 Å². The average Bonchev–Trinajstić information content (AvgIpc) is 3.30. The predicted octanol–water partition coefficient (Wildman–Crippen LogP) is 4.57. The Morgan fingerprint density at radius 1 is 1.12 bits per heavy atom. The van der Waals surface area contributed by atoms with Crippen LogP contribution in [0.3, 0.4) is 0 Å². The number of aromatic nitrogens is 2. The van der Waals surface area contributed by atoms with Gasteiger partial charge in [0.05, 0.1) is 18.3 Å². The maximum absolute atomic E-state index is 5.99. The molecule has 2 aliphatic rings. The normalized spacial score (nSPS) is 22.8. The highest BCUT2D eigenvalue weighted by atomic mass is 16.5. The van der Waals surface area contributed by atoms with Gasteiger partial charge in [-0.1, -0.05) is 0 Å². The van der Waals surface area contributed by atoms with Gasteiger partial charge in [-0.3, -0.25) is 0 Å². The number of rotatable bonds is 5. The summed E-state index contributed by atoms with van der Waals surface area (Å²) >= 11 is 0. The molecule has 0 saturated heterocycles. The van der Waals surface area contributed by atoms with Crippen LogP contribution in [0.2, 0.25) is 0 Å². The number of ether oxygens (including phenoxy) is 2. The number of nitrogens with zero attached hydrogens (tertiary/aromatic N) is 2. The molecule has 1 aromatic carbocycles. The Bertz CT molecular complexity index is 729. The maximum Gasteiger partial charge on any atom is 0.143 e. The van der Waals surface area contributed by atoms with Crippen molar-refractivity contribution in [1.29, 1.82) is 0 Å². The van der Waals surface area contributed by atoms with Crippen molar-refractivity contribution < 1.29 is 9.47 Å². The molecular formula is C21H28N2O2. The molecule has 0 radical (unpaired) electrons. The Balaban J connectivity index is 1.68. The molecule has 0 atom stereocenters. The fourth-order valence-corrected chi connectivity index (χ4v) is 4.43. The number of fused-ring (bicyclic) bond motifs is 1. The van der Waals surface area contributed by atoms with Crippen molar-refractivity contribution in [3.8, 4) is 17.1 Å². The van der Waals surface area contributed by atoms with Crippen LogP contribution in [0.5, 0.6) is 5.75 Å². The summed E-state index contributed by atoms with van der Waals surface area (Å²) < 4.78 is 13.9. The number of aryl methyl sites for hydroxylation is 2. The monoisotopic (exact) mass is 340 g/mol. The van der Waals surface area contributed by atoms with Crippen molar-refractivity contribution in [2.24, 2.45) is 0 Å². The van der Waals surface area contributed by atoms with Gasteiger partial charge in [0.1, 0.15) is 11.6 Å². The Labute approximate surface area is 150 Å². The fraction of sp³-hybridized carbons (Fsp3) is 0.571. The average molecular weight is 340 g/mol. The molecule has 0 amide bonds. The summed E-state index contributed by atoms with van der Waals surface area (Å²) in [5, 5.41) is 0. The van der Waals surface area contributed by atoms with Gasteiger partial charge in [-0.2, -0.15) is 0 Å². The van der Waals surface area contributed by atoms with E-state index < -0.39 is 0 Å². The molecule has 4 rings (SSSR count). The lowest BCUT2D eigenvalue weighted by Gasteiger charge is -2.29. The van der Waals surface area contributed by atoms with E-state index in [4.69, 9.17) is 14.5 Å². The first-order valence-corrected chi connectivity index (χ1v) is 9.64. The number of hydrogen-bond acceptors (Lipinski definition) is 3. The maximum atomic E-state index is 5.99. The summed E-state index contributed by atoms with van der Waals surface area (Å²) in [6, 6.07) is 5.08. The van der Waals surface area contributed by atoms with Gasteiger partial charge in [-0.15, -0.1) is 0 Å². The smallest absolute Gasteiger partial charge is 0.143 e. The van der Waals surface area contributed by atoms with Gasteiger partial charge in [0.2, 0.25) is 0 Å². The highest BCUT2D eigenvalue weighted by Crippen LogP contribution is 2.39. The zero-order valence-corrected chi connectivity index (χ0v) is 15.3. The third kappa shape index (κ3) is 3.20. The lowest BCUT2D eigenvalue weighted by atomic mass is 9.92. The van der Waals surface area contributed by atoms with Crippen LogP contribution in [0.25, 0.3) is 11.4 Å². The quantitative estimate of drug-likeness (QED) is 0.800. The largest absolute Gasteiger partial charge is 0.493 e. The van der Waals surface area contributed by atoms with E-state index in [1.165, 1.54) is 30.4 Å². The van der Waals surface area contributed by atoms with Crippen LogP contribution < -0.4 is 4.74 Å². The van der Waals surface area contributed by atoms with Gasteiger partial charge in [-0.25, -0.2) is 4.98 Å². The van der Waals surface area contributed by atoms with Gasteiger partial charge in [-0.05, 0) is 75.1 Å². The van der Waals surface area contributed by atoms with Gasteiger partial charge in [0.25, 0.3) is 0 Å². The highest BCUT2D eigenvalue weighted by Gasteiger charge is 2.25. The summed E-state index contributed by atoms with van der Waals surface area (Å²) in [7, 11) is 1.83. The summed E-state index contributed by atoms with van der Waals surface area (Å²) in [6.45, 7) is 2.74. The lowest BCUT2D eigenvalue weighted by Crippen LogP contribution is -2.22. The van der Waals surface area contributed by atoms with E-state index in [1.807, 2.05) is 13.3 Å². The zero-order valence-electron chi connectivity index (χ0n) is 15.3. The minimum atomic E-state index is 0.419. The number of imidazole rings is 1. The molecule has 4 heteroatoms. The summed E-state index contributed by atoms with van der Waals surface area (Å²) in [5.41, 5.74) is 4.07. The number of benzene rings is 1. The van der Waals surface area contributed by atoms with Gasteiger partial charge >= 0.3 is 0 Å². The van der Waals surface area contributed by atoms with Crippen molar-refractivity contribution in [2.75, 3.05) is 13.7 Å². The molecule has 0 bridgehead atoms. The van der Waals surface area contributed by atoms with E-state index in [1.54, 1.807) is 0 Å². The van der Waals surface area contributed by atoms with Crippen LogP contribution in [0, 0.1) is 0 Å². The summed E-state index contributed by atoms with van der Waals surface area (Å²) in [6.07, 6.45) is 12.6. The van der Waals surface area contributed by atoms with E-state index in [2.05, 4.69) is 29.8 Å². The molecule has 1 fully saturated rings. The summed E-state index contributed by atoms with van der Waals surface area (Å²) in [5.74, 6) is 2.04. The van der Waals surface area contributed by atoms with Gasteiger partial charge in [0.15, 0.2) is 0 Å². The topological polar surface area (TPSA) is 36.3 Å². The molecule has 2 aliphatic carbocycles. The molecule has 0 aliphatic heterocycles. The Kier molecular flexibility index (Phi) is 4.80. The van der Waals surface area contributed by atoms with Crippen LogP contribution in [0.15, 0.2) is 24.5 Å². The first-order chi connectivity index (χ1) is 12.3. The van der Waals surface area contributed by atoms with E-state index in [-0.39, 0.29) is 0 Å². The van der Waals surface area contributed by atoms with Crippen molar-refractivity contribution in [3.63, 3.8) is 0 Å². The Morgan fingerprint density at radius 3 is 2.60 bits per heavy atom. The molecule has 0 spiro atoms. The lowest BCUT2D eigenvalue weighted by molar-refractivity contribution is 0.0586. The number of hydrogen-bond donors (Lipinski definition) is 0. The van der Waals surface area contributed by atoms with Crippen LogP contribution >= 0.6 is 0 Å². The minimum absolute atomic E-state index is 0.419. The molecule has 0 unspecified atom stereocenters. The first kappa shape index (κ1) is 16.6. The molecule has 1 saturated carbocycles. The highest BCUT2D eigenvalue weighted by molar-refractivity contribution is 5.67. The predicted molar refractivity (Wildman–Crippen MR) is 99.2 cm³/mol. The molecule has 2 aromatic rings. The SMILES string of the molecule is CCOc1cc2c(cc1-c1nccn1C1CCC(OC)CC1)CCC2. The Morgan fingerprint density at radius 2 is 1.88 bits per heavy atom. The fourth-order valence-electron chi connectivity index (χ4n) is 4.43. The van der Waals surface area contributed by atoms with E-state index in [9.17, 15) is 0 Å². The molecule has 134 valence electrons.